The minimum absolute atomic E-state index is 0.112. The predicted octanol–water partition coefficient (Wildman–Crippen LogP) is 0.308. The number of aromatic carboxylic acids is 1. The summed E-state index contributed by atoms with van der Waals surface area (Å²) in [5.74, 6) is -1.07. The molecule has 0 spiro atoms. The molecule has 8 nitrogen and oxygen atoms in total. The van der Waals surface area contributed by atoms with Gasteiger partial charge in [-0.3, -0.25) is 0 Å². The van der Waals surface area contributed by atoms with E-state index in [1.807, 2.05) is 0 Å². The van der Waals surface area contributed by atoms with Crippen molar-refractivity contribution in [3.8, 4) is 0 Å². The lowest BCUT2D eigenvalue weighted by atomic mass is 10.5. The summed E-state index contributed by atoms with van der Waals surface area (Å²) in [5, 5.41) is 12.2. The molecule has 0 aliphatic rings. The highest BCUT2D eigenvalue weighted by Gasteiger charge is 2.25. The number of carboxylic acids is 1. The quantitative estimate of drug-likeness (QED) is 0.811. The summed E-state index contributed by atoms with van der Waals surface area (Å²) < 4.78 is 30.3. The van der Waals surface area contributed by atoms with Crippen LogP contribution in [0.3, 0.4) is 0 Å². The second kappa shape index (κ2) is 4.84. The molecular formula is C8H7N3O5S2. The number of hydrogen-bond donors (Lipinski definition) is 2. The van der Waals surface area contributed by atoms with Crippen LogP contribution in [0.5, 0.6) is 0 Å². The Bertz CT molecular complexity index is 646. The van der Waals surface area contributed by atoms with E-state index >= 15 is 0 Å². The first-order chi connectivity index (χ1) is 8.50. The van der Waals surface area contributed by atoms with Crippen LogP contribution in [0.1, 0.15) is 16.2 Å². The summed E-state index contributed by atoms with van der Waals surface area (Å²) in [4.78, 5) is 14.3. The summed E-state index contributed by atoms with van der Waals surface area (Å²) in [5.41, 5.74) is 0.664. The fourth-order valence-corrected chi connectivity index (χ4v) is 3.31. The number of carboxylic acid groups (broad SMARTS) is 1. The lowest BCUT2D eigenvalue weighted by Gasteiger charge is -2.02. The maximum absolute atomic E-state index is 11.8. The number of hydrogen-bond acceptors (Lipinski definition) is 7. The Morgan fingerprint density at radius 3 is 2.94 bits per heavy atom. The lowest BCUT2D eigenvalue weighted by Crippen LogP contribution is -2.24. The van der Waals surface area contributed by atoms with E-state index in [-0.39, 0.29) is 10.8 Å². The Balaban J connectivity index is 2.20. The van der Waals surface area contributed by atoms with E-state index in [9.17, 15) is 13.2 Å². The predicted molar refractivity (Wildman–Crippen MR) is 59.6 cm³/mol. The van der Waals surface area contributed by atoms with Gasteiger partial charge in [0.1, 0.15) is 0 Å². The largest absolute Gasteiger partial charge is 0.476 e. The van der Waals surface area contributed by atoms with E-state index in [0.717, 1.165) is 16.8 Å². The molecule has 0 amide bonds. The van der Waals surface area contributed by atoms with Gasteiger partial charge in [-0.2, -0.15) is 0 Å². The molecule has 0 aliphatic heterocycles. The molecule has 0 radical (unpaired) electrons. The van der Waals surface area contributed by atoms with Crippen LogP contribution in [0.15, 0.2) is 26.5 Å². The van der Waals surface area contributed by atoms with Crippen molar-refractivity contribution in [3.05, 3.63) is 29.2 Å². The molecule has 0 saturated carbocycles. The highest BCUT2D eigenvalue weighted by Crippen LogP contribution is 2.20. The first-order valence-electron chi connectivity index (χ1n) is 4.56. The molecule has 18 heavy (non-hydrogen) atoms. The van der Waals surface area contributed by atoms with Crippen LogP contribution in [0.4, 0.5) is 0 Å². The fourth-order valence-electron chi connectivity index (χ4n) is 1.13. The van der Waals surface area contributed by atoms with Gasteiger partial charge >= 0.3 is 5.97 Å². The normalized spacial score (nSPS) is 11.6. The molecule has 2 N–H and O–H groups in total. The van der Waals surface area contributed by atoms with Crippen molar-refractivity contribution >= 4 is 27.3 Å². The summed E-state index contributed by atoms with van der Waals surface area (Å²) in [6.45, 7) is -0.112. The molecular weight excluding hydrogens is 282 g/mol. The van der Waals surface area contributed by atoms with Crippen molar-refractivity contribution in [3.63, 3.8) is 0 Å². The van der Waals surface area contributed by atoms with E-state index in [2.05, 4.69) is 14.9 Å². The van der Waals surface area contributed by atoms with E-state index in [1.165, 1.54) is 12.3 Å². The first-order valence-corrected chi connectivity index (χ1v) is 6.93. The molecule has 0 unspecified atom stereocenters. The van der Waals surface area contributed by atoms with Crippen LogP contribution < -0.4 is 4.72 Å². The Labute approximate surface area is 105 Å². The van der Waals surface area contributed by atoms with Crippen molar-refractivity contribution in [2.45, 2.75) is 10.8 Å². The van der Waals surface area contributed by atoms with Crippen molar-refractivity contribution < 1.29 is 22.8 Å². The lowest BCUT2D eigenvalue weighted by molar-refractivity contribution is 0.0687. The Morgan fingerprint density at radius 2 is 2.33 bits per heavy atom. The molecule has 2 rings (SSSR count). The van der Waals surface area contributed by atoms with Crippen LogP contribution in [0.25, 0.3) is 0 Å². The molecule has 0 aliphatic carbocycles. The van der Waals surface area contributed by atoms with Crippen LogP contribution in [0, 0.1) is 0 Å². The maximum Gasteiger partial charge on any atom is 0.356 e. The van der Waals surface area contributed by atoms with Crippen LogP contribution in [-0.2, 0) is 16.6 Å². The summed E-state index contributed by atoms with van der Waals surface area (Å²) in [6, 6.07) is 1.49. The maximum atomic E-state index is 11.8. The monoisotopic (exact) mass is 289 g/mol. The highest BCUT2D eigenvalue weighted by molar-refractivity contribution is 7.91. The summed E-state index contributed by atoms with van der Waals surface area (Å²) in [6.07, 6.45) is 1.37. The molecule has 0 atom stereocenters. The average Bonchev–Trinajstić information content (AvgIpc) is 2.98. The van der Waals surface area contributed by atoms with Crippen molar-refractivity contribution in [2.75, 3.05) is 0 Å². The van der Waals surface area contributed by atoms with Crippen molar-refractivity contribution in [1.29, 1.82) is 0 Å². The molecule has 2 heterocycles. The number of sulfonamides is 1. The summed E-state index contributed by atoms with van der Waals surface area (Å²) >= 11 is 0.733. The van der Waals surface area contributed by atoms with Gasteiger partial charge in [-0.1, -0.05) is 5.16 Å². The molecule has 0 aromatic carbocycles. The number of nitrogens with one attached hydrogen (secondary N) is 1. The van der Waals surface area contributed by atoms with Crippen molar-refractivity contribution in [1.82, 2.24) is 14.9 Å². The minimum atomic E-state index is -3.93. The average molecular weight is 289 g/mol. The van der Waals surface area contributed by atoms with Gasteiger partial charge < -0.3 is 9.63 Å². The second-order valence-electron chi connectivity index (χ2n) is 3.10. The van der Waals surface area contributed by atoms with Gasteiger partial charge in [0.05, 0.1) is 18.3 Å². The van der Waals surface area contributed by atoms with E-state index < -0.39 is 21.7 Å². The second-order valence-corrected chi connectivity index (χ2v) is 5.91. The Morgan fingerprint density at radius 1 is 1.56 bits per heavy atom. The standard InChI is InChI=1S/C8H7N3O5S2/c12-7(13)6-8(17-4-9-6)18(14,15)11-3-5-1-2-10-16-5/h1-2,4,11H,3H2,(H,12,13). The third-order valence-corrected chi connectivity index (χ3v) is 4.68. The molecule has 2 aromatic heterocycles. The van der Waals surface area contributed by atoms with Gasteiger partial charge in [0.2, 0.25) is 0 Å². The SMILES string of the molecule is O=C(O)c1ncsc1S(=O)(=O)NCc1ccno1. The third-order valence-electron chi connectivity index (χ3n) is 1.91. The molecule has 96 valence electrons. The summed E-state index contributed by atoms with van der Waals surface area (Å²) in [7, 11) is -3.93. The minimum Gasteiger partial charge on any atom is -0.476 e. The van der Waals surface area contributed by atoms with Gasteiger partial charge in [0.15, 0.2) is 15.7 Å². The van der Waals surface area contributed by atoms with E-state index in [0.29, 0.717) is 5.76 Å². The number of aromatic nitrogens is 2. The molecule has 10 heteroatoms. The topological polar surface area (TPSA) is 122 Å². The third kappa shape index (κ3) is 2.55. The van der Waals surface area contributed by atoms with Gasteiger partial charge in [-0.15, -0.1) is 11.3 Å². The first kappa shape index (κ1) is 12.7. The number of rotatable bonds is 5. The van der Waals surface area contributed by atoms with Gasteiger partial charge in [-0.05, 0) is 0 Å². The molecule has 0 fully saturated rings. The van der Waals surface area contributed by atoms with Gasteiger partial charge in [0, 0.05) is 6.07 Å². The van der Waals surface area contributed by atoms with Gasteiger partial charge in [0.25, 0.3) is 10.0 Å². The van der Waals surface area contributed by atoms with Crippen LogP contribution >= 0.6 is 11.3 Å². The number of nitrogens with zero attached hydrogens (tertiary/aromatic N) is 2. The zero-order valence-electron chi connectivity index (χ0n) is 8.73. The molecule has 2 aromatic rings. The van der Waals surface area contributed by atoms with E-state index in [4.69, 9.17) is 9.63 Å². The zero-order chi connectivity index (χ0) is 13.2. The smallest absolute Gasteiger partial charge is 0.356 e. The Kier molecular flexibility index (Phi) is 3.41. The fraction of sp³-hybridized carbons (Fsp3) is 0.125. The van der Waals surface area contributed by atoms with Crippen LogP contribution in [0.2, 0.25) is 0 Å². The number of carbonyl (C=O) groups is 1. The van der Waals surface area contributed by atoms with Crippen LogP contribution in [-0.4, -0.2) is 29.6 Å². The van der Waals surface area contributed by atoms with Gasteiger partial charge in [-0.25, -0.2) is 22.9 Å². The van der Waals surface area contributed by atoms with Crippen molar-refractivity contribution in [2.24, 2.45) is 0 Å². The molecule has 0 bridgehead atoms. The zero-order valence-corrected chi connectivity index (χ0v) is 10.4. The Hall–Kier alpha value is -1.78. The van der Waals surface area contributed by atoms with E-state index in [1.54, 1.807) is 0 Å². The molecule has 0 saturated heterocycles. The highest BCUT2D eigenvalue weighted by atomic mass is 32.2. The number of thiazole rings is 1.